The minimum Gasteiger partial charge on any atom is -0.347 e. The first-order chi connectivity index (χ1) is 12.0. The highest BCUT2D eigenvalue weighted by Gasteiger charge is 2.11. The van der Waals surface area contributed by atoms with Gasteiger partial charge in [0.2, 0.25) is 11.8 Å². The zero-order valence-corrected chi connectivity index (χ0v) is 14.6. The monoisotopic (exact) mass is 342 g/mol. The van der Waals surface area contributed by atoms with Crippen molar-refractivity contribution in [3.05, 3.63) is 65.0 Å². The molecule has 2 N–H and O–H groups in total. The van der Waals surface area contributed by atoms with Gasteiger partial charge >= 0.3 is 0 Å². The normalized spacial score (nSPS) is 10.4. The Kier molecular flexibility index (Phi) is 6.69. The lowest BCUT2D eigenvalue weighted by atomic mass is 10.0. The molecule has 0 heterocycles. The number of amides is 2. The van der Waals surface area contributed by atoms with E-state index in [1.54, 1.807) is 12.1 Å². The van der Waals surface area contributed by atoms with E-state index in [-0.39, 0.29) is 30.6 Å². The molecule has 0 spiro atoms. The Balaban J connectivity index is 1.90. The average molecular weight is 342 g/mol. The van der Waals surface area contributed by atoms with Crippen LogP contribution in [0, 0.1) is 5.82 Å². The zero-order chi connectivity index (χ0) is 18.2. The van der Waals surface area contributed by atoms with Gasteiger partial charge in [-0.15, -0.1) is 0 Å². The molecule has 4 nitrogen and oxygen atoms in total. The molecule has 0 aliphatic carbocycles. The lowest BCUT2D eigenvalue weighted by molar-refractivity contribution is -0.123. The summed E-state index contributed by atoms with van der Waals surface area (Å²) < 4.78 is 12.9. The number of hydrogen-bond acceptors (Lipinski definition) is 2. The molecule has 0 aliphatic heterocycles. The van der Waals surface area contributed by atoms with Gasteiger partial charge in [-0.25, -0.2) is 4.39 Å². The van der Waals surface area contributed by atoms with Crippen molar-refractivity contribution >= 4 is 17.5 Å². The lowest BCUT2D eigenvalue weighted by Crippen LogP contribution is -2.34. The van der Waals surface area contributed by atoms with Gasteiger partial charge in [0.05, 0.1) is 13.0 Å². The maximum absolute atomic E-state index is 12.9. The Labute approximate surface area is 147 Å². The molecule has 0 bridgehead atoms. The van der Waals surface area contributed by atoms with Crippen LogP contribution >= 0.6 is 0 Å². The highest BCUT2D eigenvalue weighted by atomic mass is 19.1. The van der Waals surface area contributed by atoms with Crippen molar-refractivity contribution < 1.29 is 14.0 Å². The van der Waals surface area contributed by atoms with Crippen LogP contribution in [0.25, 0.3) is 0 Å². The molecule has 0 saturated heterocycles. The maximum atomic E-state index is 12.9. The minimum atomic E-state index is -0.343. The number of carbonyl (C=O) groups is 2. The predicted molar refractivity (Wildman–Crippen MR) is 96.9 cm³/mol. The molecule has 25 heavy (non-hydrogen) atoms. The van der Waals surface area contributed by atoms with Gasteiger partial charge in [0.1, 0.15) is 5.82 Å². The smallest absolute Gasteiger partial charge is 0.243 e. The van der Waals surface area contributed by atoms with Crippen LogP contribution in [-0.2, 0) is 28.9 Å². The van der Waals surface area contributed by atoms with Crippen LogP contribution in [0.5, 0.6) is 0 Å². The van der Waals surface area contributed by atoms with Crippen molar-refractivity contribution in [1.82, 2.24) is 5.32 Å². The first-order valence-electron chi connectivity index (χ1n) is 8.45. The molecule has 2 aromatic carbocycles. The predicted octanol–water partition coefficient (Wildman–Crippen LogP) is 3.25. The third-order valence-electron chi connectivity index (χ3n) is 3.99. The summed E-state index contributed by atoms with van der Waals surface area (Å²) in [4.78, 5) is 24.1. The molecule has 2 amide bonds. The van der Waals surface area contributed by atoms with Crippen LogP contribution in [0.15, 0.2) is 42.5 Å². The van der Waals surface area contributed by atoms with Crippen LogP contribution in [0.2, 0.25) is 0 Å². The lowest BCUT2D eigenvalue weighted by Gasteiger charge is -2.14. The summed E-state index contributed by atoms with van der Waals surface area (Å²) in [5.41, 5.74) is 3.69. The molecule has 132 valence electrons. The summed E-state index contributed by atoms with van der Waals surface area (Å²) >= 11 is 0. The molecule has 0 fully saturated rings. The maximum Gasteiger partial charge on any atom is 0.243 e. The van der Waals surface area contributed by atoms with Crippen LogP contribution in [0.1, 0.15) is 30.5 Å². The number of aryl methyl sites for hydroxylation is 2. The second-order valence-electron chi connectivity index (χ2n) is 5.79. The van der Waals surface area contributed by atoms with E-state index in [1.807, 2.05) is 32.0 Å². The van der Waals surface area contributed by atoms with Gasteiger partial charge in [0.25, 0.3) is 0 Å². The molecule has 5 heteroatoms. The third kappa shape index (κ3) is 5.41. The Morgan fingerprint density at radius 1 is 0.920 bits per heavy atom. The van der Waals surface area contributed by atoms with Gasteiger partial charge < -0.3 is 10.6 Å². The van der Waals surface area contributed by atoms with Gasteiger partial charge in [-0.3, -0.25) is 9.59 Å². The fourth-order valence-electron chi connectivity index (χ4n) is 2.62. The molecule has 0 saturated carbocycles. The van der Waals surface area contributed by atoms with E-state index in [0.717, 1.165) is 29.7 Å². The zero-order valence-electron chi connectivity index (χ0n) is 14.6. The van der Waals surface area contributed by atoms with Crippen molar-refractivity contribution in [3.8, 4) is 0 Å². The van der Waals surface area contributed by atoms with Gasteiger partial charge in [-0.1, -0.05) is 44.2 Å². The van der Waals surface area contributed by atoms with E-state index < -0.39 is 0 Å². The standard InChI is InChI=1S/C20H23FN2O2/c1-3-15-6-5-7-16(4-2)20(15)23-19(25)13-22-18(24)12-14-8-10-17(21)11-9-14/h5-11H,3-4,12-13H2,1-2H3,(H,22,24)(H,23,25). The van der Waals surface area contributed by atoms with Crippen LogP contribution in [-0.4, -0.2) is 18.4 Å². The fourth-order valence-corrected chi connectivity index (χ4v) is 2.62. The summed E-state index contributed by atoms with van der Waals surface area (Å²) in [6.07, 6.45) is 1.75. The van der Waals surface area contributed by atoms with Crippen LogP contribution < -0.4 is 10.6 Å². The highest BCUT2D eigenvalue weighted by Crippen LogP contribution is 2.22. The van der Waals surface area contributed by atoms with Gasteiger partial charge in [0.15, 0.2) is 0 Å². The molecule has 2 rings (SSSR count). The number of rotatable bonds is 7. The Bertz CT molecular complexity index is 720. The average Bonchev–Trinajstić information content (AvgIpc) is 2.62. The van der Waals surface area contributed by atoms with Crippen molar-refractivity contribution in [2.75, 3.05) is 11.9 Å². The number of benzene rings is 2. The number of halogens is 1. The van der Waals surface area contributed by atoms with Gasteiger partial charge in [-0.05, 0) is 41.7 Å². The minimum absolute atomic E-state index is 0.0960. The summed E-state index contributed by atoms with van der Waals surface area (Å²) in [5.74, 6) is -0.880. The summed E-state index contributed by atoms with van der Waals surface area (Å²) in [7, 11) is 0. The number of para-hydroxylation sites is 1. The van der Waals surface area contributed by atoms with E-state index in [2.05, 4.69) is 10.6 Å². The number of anilines is 1. The Hall–Kier alpha value is -2.69. The molecule has 0 unspecified atom stereocenters. The highest BCUT2D eigenvalue weighted by molar-refractivity contribution is 5.96. The molecule has 2 aromatic rings. The number of nitrogens with one attached hydrogen (secondary N) is 2. The van der Waals surface area contributed by atoms with Crippen LogP contribution in [0.3, 0.4) is 0 Å². The second-order valence-corrected chi connectivity index (χ2v) is 5.79. The second kappa shape index (κ2) is 8.97. The first-order valence-corrected chi connectivity index (χ1v) is 8.45. The number of hydrogen-bond donors (Lipinski definition) is 2. The SMILES string of the molecule is CCc1cccc(CC)c1NC(=O)CNC(=O)Cc1ccc(F)cc1. The van der Waals surface area contributed by atoms with Crippen molar-refractivity contribution in [2.45, 2.75) is 33.1 Å². The van der Waals surface area contributed by atoms with Gasteiger partial charge in [-0.2, -0.15) is 0 Å². The molecule has 0 aromatic heterocycles. The molecule has 0 atom stereocenters. The Morgan fingerprint density at radius 2 is 1.52 bits per heavy atom. The largest absolute Gasteiger partial charge is 0.347 e. The molecular formula is C20H23FN2O2. The first kappa shape index (κ1) is 18.6. The molecule has 0 aliphatic rings. The number of carbonyl (C=O) groups excluding carboxylic acids is 2. The third-order valence-corrected chi connectivity index (χ3v) is 3.99. The van der Waals surface area contributed by atoms with E-state index in [1.165, 1.54) is 12.1 Å². The quantitative estimate of drug-likeness (QED) is 0.811. The summed E-state index contributed by atoms with van der Waals surface area (Å²) in [6.45, 7) is 3.98. The van der Waals surface area contributed by atoms with E-state index in [9.17, 15) is 14.0 Å². The van der Waals surface area contributed by atoms with Crippen LogP contribution in [0.4, 0.5) is 10.1 Å². The van der Waals surface area contributed by atoms with Crippen molar-refractivity contribution in [3.63, 3.8) is 0 Å². The van der Waals surface area contributed by atoms with Gasteiger partial charge in [0, 0.05) is 5.69 Å². The van der Waals surface area contributed by atoms with Crippen molar-refractivity contribution in [1.29, 1.82) is 0 Å². The van der Waals surface area contributed by atoms with E-state index in [4.69, 9.17) is 0 Å². The fraction of sp³-hybridized carbons (Fsp3) is 0.300. The Morgan fingerprint density at radius 3 is 2.08 bits per heavy atom. The molecule has 0 radical (unpaired) electrons. The van der Waals surface area contributed by atoms with E-state index >= 15 is 0 Å². The van der Waals surface area contributed by atoms with E-state index in [0.29, 0.717) is 5.56 Å². The van der Waals surface area contributed by atoms with Crippen molar-refractivity contribution in [2.24, 2.45) is 0 Å². The molecular weight excluding hydrogens is 319 g/mol. The summed E-state index contributed by atoms with van der Waals surface area (Å²) in [5, 5.41) is 5.50. The summed E-state index contributed by atoms with van der Waals surface area (Å²) in [6, 6.07) is 11.7. The topological polar surface area (TPSA) is 58.2 Å².